The molecule has 0 amide bonds. The molecule has 0 bridgehead atoms. The van der Waals surface area contributed by atoms with Gasteiger partial charge in [-0.25, -0.2) is 0 Å². The van der Waals surface area contributed by atoms with E-state index in [0.29, 0.717) is 22.9 Å². The molecule has 2 heterocycles. The average Bonchev–Trinajstić information content (AvgIpc) is 3.69. The molecule has 1 aliphatic carbocycles. The summed E-state index contributed by atoms with van der Waals surface area (Å²) in [5.41, 5.74) is 3.99. The van der Waals surface area contributed by atoms with Crippen molar-refractivity contribution in [2.24, 2.45) is 5.18 Å². The summed E-state index contributed by atoms with van der Waals surface area (Å²) in [5, 5.41) is 4.26. The number of carbonyl (C=O) groups excluding carboxylic acids is 3. The molecule has 2 aromatic carbocycles. The Morgan fingerprint density at radius 3 is 2.17 bits per heavy atom. The molecular weight excluding hydrogens is 552 g/mol. The van der Waals surface area contributed by atoms with E-state index in [1.54, 1.807) is 16.7 Å². The van der Waals surface area contributed by atoms with Gasteiger partial charge in [-0.2, -0.15) is 4.91 Å². The summed E-state index contributed by atoms with van der Waals surface area (Å²) in [6.07, 6.45) is -1.06. The Bertz CT molecular complexity index is 1470. The molecule has 2 aliphatic rings. The molecule has 2 fully saturated rings. The predicted molar refractivity (Wildman–Crippen MR) is 149 cm³/mol. The van der Waals surface area contributed by atoms with Gasteiger partial charge in [0.2, 0.25) is 0 Å². The van der Waals surface area contributed by atoms with Crippen LogP contribution in [0.5, 0.6) is 0 Å². The minimum atomic E-state index is -1.28. The number of halogens is 1. The predicted octanol–water partition coefficient (Wildman–Crippen LogP) is 5.22. The lowest BCUT2D eigenvalue weighted by Crippen LogP contribution is -2.60. The summed E-state index contributed by atoms with van der Waals surface area (Å²) in [5.74, 6) is -1.41. The fraction of sp³-hybridized carbons (Fsp3) is 0.433. The molecule has 5 atom stereocenters. The highest BCUT2D eigenvalue weighted by molar-refractivity contribution is 6.35. The molecule has 0 N–H and O–H groups in total. The van der Waals surface area contributed by atoms with Crippen molar-refractivity contribution in [1.29, 1.82) is 0 Å². The van der Waals surface area contributed by atoms with Crippen LogP contribution in [-0.4, -0.2) is 53.4 Å². The van der Waals surface area contributed by atoms with Gasteiger partial charge < -0.3 is 23.5 Å². The third-order valence-electron chi connectivity index (χ3n) is 7.35. The van der Waals surface area contributed by atoms with Gasteiger partial charge >= 0.3 is 17.9 Å². The average molecular weight is 583 g/mol. The maximum atomic E-state index is 12.3. The molecule has 5 rings (SSSR count). The van der Waals surface area contributed by atoms with Crippen LogP contribution in [0.4, 0.5) is 0 Å². The van der Waals surface area contributed by atoms with E-state index in [4.69, 9.17) is 30.5 Å². The van der Waals surface area contributed by atoms with E-state index in [1.165, 1.54) is 39.2 Å². The molecule has 11 heteroatoms. The Labute approximate surface area is 241 Å². The third-order valence-corrected chi connectivity index (χ3v) is 7.67. The molecule has 1 saturated heterocycles. The second kappa shape index (κ2) is 12.0. The number of nitrogens with zero attached hydrogens (tertiary/aromatic N) is 2. The highest BCUT2D eigenvalue weighted by Gasteiger charge is 2.52. The van der Waals surface area contributed by atoms with E-state index >= 15 is 0 Å². The lowest BCUT2D eigenvalue weighted by atomic mass is 9.96. The Kier molecular flexibility index (Phi) is 8.42. The SMILES string of the molecule is CC(=O)OC1C(CN=O)OC(n2cc(Cc3ccc(C4CC4)cc3)c3c(Cl)cccc32)C(OC(C)=O)C1OC(C)=O. The molecule has 1 saturated carbocycles. The Morgan fingerprint density at radius 2 is 1.56 bits per heavy atom. The lowest BCUT2D eigenvalue weighted by Gasteiger charge is -2.44. The van der Waals surface area contributed by atoms with Crippen LogP contribution in [-0.2, 0) is 39.8 Å². The monoisotopic (exact) mass is 582 g/mol. The Hall–Kier alpha value is -3.76. The van der Waals surface area contributed by atoms with Gasteiger partial charge in [-0.1, -0.05) is 47.1 Å². The van der Waals surface area contributed by atoms with E-state index < -0.39 is 55.1 Å². The smallest absolute Gasteiger partial charge is 0.303 e. The van der Waals surface area contributed by atoms with E-state index in [9.17, 15) is 19.3 Å². The minimum Gasteiger partial charge on any atom is -0.456 e. The van der Waals surface area contributed by atoms with Crippen LogP contribution in [0.3, 0.4) is 0 Å². The third kappa shape index (κ3) is 6.28. The summed E-state index contributed by atoms with van der Waals surface area (Å²) < 4.78 is 24.7. The first kappa shape index (κ1) is 28.8. The maximum absolute atomic E-state index is 12.3. The first-order chi connectivity index (χ1) is 19.7. The van der Waals surface area contributed by atoms with Crippen LogP contribution in [0.15, 0.2) is 53.8 Å². The topological polar surface area (TPSA) is 122 Å². The van der Waals surface area contributed by atoms with Gasteiger partial charge in [-0.15, -0.1) is 0 Å². The zero-order chi connectivity index (χ0) is 29.3. The van der Waals surface area contributed by atoms with Gasteiger partial charge in [0.1, 0.15) is 12.6 Å². The second-order valence-electron chi connectivity index (χ2n) is 10.5. The zero-order valence-electron chi connectivity index (χ0n) is 22.9. The molecule has 0 radical (unpaired) electrons. The van der Waals surface area contributed by atoms with Gasteiger partial charge in [-0.3, -0.25) is 14.4 Å². The molecule has 5 unspecified atom stereocenters. The Morgan fingerprint density at radius 1 is 0.927 bits per heavy atom. The highest BCUT2D eigenvalue weighted by Crippen LogP contribution is 2.41. The number of esters is 3. The van der Waals surface area contributed by atoms with Gasteiger partial charge in [0.25, 0.3) is 0 Å². The van der Waals surface area contributed by atoms with Gasteiger partial charge in [0.15, 0.2) is 24.5 Å². The van der Waals surface area contributed by atoms with Crippen molar-refractivity contribution in [3.63, 3.8) is 0 Å². The van der Waals surface area contributed by atoms with Crippen molar-refractivity contribution >= 4 is 40.4 Å². The van der Waals surface area contributed by atoms with Gasteiger partial charge in [0, 0.05) is 32.4 Å². The minimum absolute atomic E-state index is 0.404. The fourth-order valence-electron chi connectivity index (χ4n) is 5.55. The van der Waals surface area contributed by atoms with Crippen molar-refractivity contribution in [3.05, 3.63) is 75.3 Å². The van der Waals surface area contributed by atoms with E-state index in [-0.39, 0.29) is 0 Å². The summed E-state index contributed by atoms with van der Waals surface area (Å²) in [7, 11) is 0. The molecule has 41 heavy (non-hydrogen) atoms. The van der Waals surface area contributed by atoms with E-state index in [0.717, 1.165) is 16.5 Å². The number of rotatable bonds is 9. The second-order valence-corrected chi connectivity index (χ2v) is 10.9. The van der Waals surface area contributed by atoms with Crippen molar-refractivity contribution in [2.75, 3.05) is 6.54 Å². The van der Waals surface area contributed by atoms with E-state index in [1.807, 2.05) is 12.3 Å². The first-order valence-corrected chi connectivity index (χ1v) is 13.9. The van der Waals surface area contributed by atoms with Crippen LogP contribution in [0, 0.1) is 4.91 Å². The number of hydrogen-bond acceptors (Lipinski definition) is 9. The van der Waals surface area contributed by atoms with E-state index in [2.05, 4.69) is 29.4 Å². The molecular formula is C30H31ClN2O8. The summed E-state index contributed by atoms with van der Waals surface area (Å²) in [6, 6.07) is 14.0. The van der Waals surface area contributed by atoms with Crippen molar-refractivity contribution < 1.29 is 33.3 Å². The first-order valence-electron chi connectivity index (χ1n) is 13.5. The molecule has 0 spiro atoms. The lowest BCUT2D eigenvalue weighted by molar-refractivity contribution is -0.260. The molecule has 1 aliphatic heterocycles. The standard InChI is InChI=1S/C30H31ClN2O8/c1-16(34)38-27-25(14-32-37)41-30(29(40-18(3)36)28(27)39-17(2)35)33-15-22(26-23(31)5-4-6-24(26)33)13-19-7-9-20(10-8-19)21-11-12-21/h4-10,15,21,25,27-30H,11-14H2,1-3H3. The normalized spacial score (nSPS) is 24.0. The van der Waals surface area contributed by atoms with Crippen molar-refractivity contribution in [1.82, 2.24) is 4.57 Å². The largest absolute Gasteiger partial charge is 0.456 e. The quantitative estimate of drug-likeness (QED) is 0.191. The number of carbonyl (C=O) groups is 3. The molecule has 216 valence electrons. The summed E-state index contributed by atoms with van der Waals surface area (Å²) in [6.45, 7) is 3.17. The van der Waals surface area contributed by atoms with Crippen LogP contribution in [0.2, 0.25) is 5.02 Å². The summed E-state index contributed by atoms with van der Waals surface area (Å²) >= 11 is 6.71. The van der Waals surface area contributed by atoms with Crippen LogP contribution in [0.1, 0.15) is 62.4 Å². The number of benzene rings is 2. The van der Waals surface area contributed by atoms with Gasteiger partial charge in [-0.05, 0) is 54.0 Å². The number of nitroso groups, excluding NO2 is 1. The fourth-order valence-corrected chi connectivity index (χ4v) is 5.84. The van der Waals surface area contributed by atoms with Crippen LogP contribution in [0.25, 0.3) is 10.9 Å². The van der Waals surface area contributed by atoms with Crippen LogP contribution < -0.4 is 0 Å². The Balaban J connectivity index is 1.60. The highest BCUT2D eigenvalue weighted by atomic mass is 35.5. The van der Waals surface area contributed by atoms with Crippen molar-refractivity contribution in [2.45, 2.75) is 76.6 Å². The number of fused-ring (bicyclic) bond motifs is 1. The molecule has 10 nitrogen and oxygen atoms in total. The van der Waals surface area contributed by atoms with Crippen molar-refractivity contribution in [3.8, 4) is 0 Å². The zero-order valence-corrected chi connectivity index (χ0v) is 23.7. The van der Waals surface area contributed by atoms with Gasteiger partial charge in [0.05, 0.1) is 10.5 Å². The number of hydrogen-bond donors (Lipinski definition) is 0. The molecule has 1 aromatic heterocycles. The number of ether oxygens (including phenoxy) is 4. The number of aromatic nitrogens is 1. The molecule has 3 aromatic rings. The summed E-state index contributed by atoms with van der Waals surface area (Å²) in [4.78, 5) is 47.8. The van der Waals surface area contributed by atoms with Crippen LogP contribution >= 0.6 is 11.6 Å². The maximum Gasteiger partial charge on any atom is 0.303 e.